The molecule has 1 amide bonds. The fraction of sp³-hybridized carbons (Fsp3) is 0.267. The largest absolute Gasteiger partial charge is 0.483 e. The van der Waals surface area contributed by atoms with Crippen LogP contribution in [0.15, 0.2) is 34.1 Å². The molecule has 0 aliphatic carbocycles. The van der Waals surface area contributed by atoms with E-state index in [1.807, 2.05) is 4.90 Å². The number of fused-ring (bicyclic) bond motifs is 1. The first-order chi connectivity index (χ1) is 10.1. The lowest BCUT2D eigenvalue weighted by molar-refractivity contribution is -0.134. The molecule has 0 spiro atoms. The Balaban J connectivity index is 1.60. The van der Waals surface area contributed by atoms with E-state index in [4.69, 9.17) is 16.3 Å². The van der Waals surface area contributed by atoms with Crippen LogP contribution in [0.25, 0.3) is 0 Å². The number of carbonyl (C=O) groups is 1. The number of thiophene rings is 1. The van der Waals surface area contributed by atoms with Gasteiger partial charge >= 0.3 is 0 Å². The predicted octanol–water partition coefficient (Wildman–Crippen LogP) is 4.13. The van der Waals surface area contributed by atoms with E-state index >= 15 is 0 Å². The van der Waals surface area contributed by atoms with Crippen molar-refractivity contribution >= 4 is 44.8 Å². The van der Waals surface area contributed by atoms with Crippen LogP contribution in [-0.4, -0.2) is 24.0 Å². The molecule has 2 heterocycles. The molecule has 21 heavy (non-hydrogen) atoms. The van der Waals surface area contributed by atoms with Crippen molar-refractivity contribution in [2.75, 3.05) is 13.2 Å². The number of halogens is 2. The topological polar surface area (TPSA) is 29.5 Å². The number of hydrogen-bond acceptors (Lipinski definition) is 3. The van der Waals surface area contributed by atoms with Crippen molar-refractivity contribution in [3.05, 3.63) is 49.6 Å². The normalized spacial score (nSPS) is 13.9. The first kappa shape index (κ1) is 14.9. The van der Waals surface area contributed by atoms with E-state index in [0.29, 0.717) is 17.3 Å². The van der Waals surface area contributed by atoms with Crippen LogP contribution in [0.2, 0.25) is 5.02 Å². The first-order valence-corrected chi connectivity index (χ1v) is 8.59. The maximum Gasteiger partial charge on any atom is 0.260 e. The lowest BCUT2D eigenvalue weighted by atomic mass is 10.1. The molecule has 3 rings (SSSR count). The minimum atomic E-state index is 0.00806. The highest BCUT2D eigenvalue weighted by Crippen LogP contribution is 2.28. The van der Waals surface area contributed by atoms with Gasteiger partial charge in [0, 0.05) is 23.0 Å². The van der Waals surface area contributed by atoms with Gasteiger partial charge in [0.2, 0.25) is 0 Å². The third kappa shape index (κ3) is 3.42. The lowest BCUT2D eigenvalue weighted by Gasteiger charge is -2.27. The van der Waals surface area contributed by atoms with Gasteiger partial charge in [-0.3, -0.25) is 4.79 Å². The van der Waals surface area contributed by atoms with Gasteiger partial charge < -0.3 is 9.64 Å². The third-order valence-electron chi connectivity index (χ3n) is 3.41. The summed E-state index contributed by atoms with van der Waals surface area (Å²) in [4.78, 5) is 15.5. The van der Waals surface area contributed by atoms with Crippen molar-refractivity contribution in [1.82, 2.24) is 4.90 Å². The average Bonchev–Trinajstić information content (AvgIpc) is 2.93. The van der Waals surface area contributed by atoms with Gasteiger partial charge in [0.05, 0.1) is 4.47 Å². The first-order valence-electron chi connectivity index (χ1n) is 6.54. The summed E-state index contributed by atoms with van der Waals surface area (Å²) in [5, 5.41) is 2.71. The molecule has 1 aromatic heterocycles. The second-order valence-corrected chi connectivity index (χ2v) is 7.09. The molecule has 1 aromatic carbocycles. The van der Waals surface area contributed by atoms with Gasteiger partial charge in [-0.2, -0.15) is 0 Å². The number of ether oxygens (including phenoxy) is 1. The van der Waals surface area contributed by atoms with Crippen LogP contribution < -0.4 is 4.74 Å². The monoisotopic (exact) mass is 385 g/mol. The fourth-order valence-corrected chi connectivity index (χ4v) is 3.97. The molecule has 3 nitrogen and oxygen atoms in total. The van der Waals surface area contributed by atoms with Crippen molar-refractivity contribution in [2.24, 2.45) is 0 Å². The molecule has 110 valence electrons. The number of benzene rings is 1. The Bertz CT molecular complexity index is 673. The third-order valence-corrected chi connectivity index (χ3v) is 5.28. The highest BCUT2D eigenvalue weighted by atomic mass is 79.9. The summed E-state index contributed by atoms with van der Waals surface area (Å²) in [6, 6.07) is 7.34. The zero-order valence-corrected chi connectivity index (χ0v) is 14.3. The quantitative estimate of drug-likeness (QED) is 0.794. The highest BCUT2D eigenvalue weighted by molar-refractivity contribution is 9.10. The van der Waals surface area contributed by atoms with Crippen LogP contribution in [0, 0.1) is 0 Å². The predicted molar refractivity (Wildman–Crippen MR) is 88.1 cm³/mol. The molecule has 0 bridgehead atoms. The maximum absolute atomic E-state index is 12.2. The van der Waals surface area contributed by atoms with E-state index in [1.165, 1.54) is 10.4 Å². The molecular weight excluding hydrogens is 374 g/mol. The summed E-state index contributed by atoms with van der Waals surface area (Å²) in [5.41, 5.74) is 1.26. The molecule has 0 unspecified atom stereocenters. The molecule has 0 radical (unpaired) electrons. The Hall–Kier alpha value is -1.04. The SMILES string of the molecule is O=C(COc1ccc(Cl)cc1Br)N1CCc2sccc2C1. The number of nitrogens with zero attached hydrogens (tertiary/aromatic N) is 1. The molecule has 6 heteroatoms. The standard InChI is InChI=1S/C15H13BrClNO2S/c16-12-7-11(17)1-2-13(12)20-9-15(19)18-5-3-14-10(8-18)4-6-21-14/h1-2,4,6-7H,3,5,8-9H2. The summed E-state index contributed by atoms with van der Waals surface area (Å²) >= 11 is 11.0. The Labute approximate surface area is 140 Å². The maximum atomic E-state index is 12.2. The highest BCUT2D eigenvalue weighted by Gasteiger charge is 2.21. The van der Waals surface area contributed by atoms with Gasteiger partial charge in [-0.25, -0.2) is 0 Å². The van der Waals surface area contributed by atoms with Crippen molar-refractivity contribution in [1.29, 1.82) is 0 Å². The van der Waals surface area contributed by atoms with Gasteiger partial charge in [-0.05, 0) is 57.6 Å². The molecule has 0 saturated heterocycles. The van der Waals surface area contributed by atoms with Crippen molar-refractivity contribution < 1.29 is 9.53 Å². The van der Waals surface area contributed by atoms with E-state index in [0.717, 1.165) is 17.4 Å². The molecular formula is C15H13BrClNO2S. The molecule has 1 aliphatic heterocycles. The zero-order valence-electron chi connectivity index (χ0n) is 11.1. The lowest BCUT2D eigenvalue weighted by Crippen LogP contribution is -2.38. The number of carbonyl (C=O) groups excluding carboxylic acids is 1. The summed E-state index contributed by atoms with van der Waals surface area (Å²) in [7, 11) is 0. The van der Waals surface area contributed by atoms with Gasteiger partial charge in [-0.15, -0.1) is 11.3 Å². The van der Waals surface area contributed by atoms with Crippen LogP contribution in [0.3, 0.4) is 0 Å². The van der Waals surface area contributed by atoms with Crippen LogP contribution in [0.4, 0.5) is 0 Å². The van der Waals surface area contributed by atoms with E-state index < -0.39 is 0 Å². The minimum absolute atomic E-state index is 0.00806. The van der Waals surface area contributed by atoms with Crippen molar-refractivity contribution in [2.45, 2.75) is 13.0 Å². The molecule has 2 aromatic rings. The van der Waals surface area contributed by atoms with Gasteiger partial charge in [-0.1, -0.05) is 11.6 Å². The van der Waals surface area contributed by atoms with E-state index in [9.17, 15) is 4.79 Å². The zero-order chi connectivity index (χ0) is 14.8. The van der Waals surface area contributed by atoms with E-state index in [1.54, 1.807) is 29.5 Å². The molecule has 0 atom stereocenters. The molecule has 0 saturated carbocycles. The summed E-state index contributed by atoms with van der Waals surface area (Å²) in [5.74, 6) is 0.634. The Kier molecular flexibility index (Phi) is 4.52. The second kappa shape index (κ2) is 6.38. The van der Waals surface area contributed by atoms with E-state index in [2.05, 4.69) is 27.4 Å². The van der Waals surface area contributed by atoms with Crippen molar-refractivity contribution in [3.63, 3.8) is 0 Å². The van der Waals surface area contributed by atoms with E-state index in [-0.39, 0.29) is 12.5 Å². The minimum Gasteiger partial charge on any atom is -0.483 e. The number of rotatable bonds is 3. The molecule has 0 fully saturated rings. The van der Waals surface area contributed by atoms with Crippen LogP contribution in [-0.2, 0) is 17.8 Å². The Morgan fingerprint density at radius 1 is 1.43 bits per heavy atom. The smallest absolute Gasteiger partial charge is 0.260 e. The van der Waals surface area contributed by atoms with Gasteiger partial charge in [0.25, 0.3) is 5.91 Å². The van der Waals surface area contributed by atoms with Crippen molar-refractivity contribution in [3.8, 4) is 5.75 Å². The number of amides is 1. The van der Waals surface area contributed by atoms with Crippen LogP contribution in [0.1, 0.15) is 10.4 Å². The Morgan fingerprint density at radius 2 is 2.29 bits per heavy atom. The molecule has 0 N–H and O–H groups in total. The molecule has 1 aliphatic rings. The Morgan fingerprint density at radius 3 is 3.10 bits per heavy atom. The summed E-state index contributed by atoms with van der Waals surface area (Å²) in [6.45, 7) is 1.49. The summed E-state index contributed by atoms with van der Waals surface area (Å²) in [6.07, 6.45) is 0.934. The fourth-order valence-electron chi connectivity index (χ4n) is 2.28. The second-order valence-electron chi connectivity index (χ2n) is 4.80. The summed E-state index contributed by atoms with van der Waals surface area (Å²) < 4.78 is 6.33. The van der Waals surface area contributed by atoms with Crippen LogP contribution in [0.5, 0.6) is 5.75 Å². The van der Waals surface area contributed by atoms with Gasteiger partial charge in [0.1, 0.15) is 5.75 Å². The van der Waals surface area contributed by atoms with Crippen LogP contribution >= 0.6 is 38.9 Å². The number of hydrogen-bond donors (Lipinski definition) is 0. The van der Waals surface area contributed by atoms with Gasteiger partial charge in [0.15, 0.2) is 6.61 Å². The average molecular weight is 387 g/mol.